The number of carbonyl (C=O) groups is 5. The first kappa shape index (κ1) is 48.7. The van der Waals surface area contributed by atoms with Gasteiger partial charge in [0, 0.05) is 55.5 Å². The van der Waals surface area contributed by atoms with Crippen LogP contribution in [0.25, 0.3) is 33.4 Å². The summed E-state index contributed by atoms with van der Waals surface area (Å²) in [5.74, 6) is -2.35. The first-order valence-corrected chi connectivity index (χ1v) is 21.3. The SMILES string of the molecule is CCOC(=O)CN(CC(=O)OCC)c1ccc(-c2c3ccc(=NC)cc-3oc3cc(N(C)C)ccc23)cc1OCCOc1ccc(CC(=O)O)cc1N(CC(=O)OCC)CC(=O)OCC. The number of fused-ring (bicyclic) bond motifs is 2. The maximum Gasteiger partial charge on any atom is 0.325 e. The standard InChI is InChI=1S/C48H56N4O13/c1-8-59-44(55)27-51(28-45(56)60-9-2)37-18-13-32(48-35-16-14-33(49-5)25-40(35)65-41-26-34(50(6)7)15-17-36(41)48)24-42(37)64-21-20-63-39-19-12-31(23-43(53)54)22-38(39)52(29-46(57)61-10-3)30-47(58)62-11-4/h12-19,22,24-26H,8-11,20-21,23,27-30H2,1-7H3,(H,53,54). The second-order valence-corrected chi connectivity index (χ2v) is 14.6. The zero-order valence-corrected chi connectivity index (χ0v) is 37.8. The second-order valence-electron chi connectivity index (χ2n) is 14.6. The Morgan fingerprint density at radius 1 is 0.631 bits per heavy atom. The van der Waals surface area contributed by atoms with E-state index < -0.39 is 29.8 Å². The molecule has 0 bridgehead atoms. The summed E-state index contributed by atoms with van der Waals surface area (Å²) in [6, 6.07) is 21.8. The lowest BCUT2D eigenvalue weighted by molar-refractivity contribution is -0.144. The summed E-state index contributed by atoms with van der Waals surface area (Å²) in [4.78, 5) is 72.4. The molecule has 0 atom stereocenters. The molecule has 2 aliphatic rings. The van der Waals surface area contributed by atoms with Crippen LogP contribution in [-0.2, 0) is 49.3 Å². The molecule has 3 aromatic rings. The predicted molar refractivity (Wildman–Crippen MR) is 244 cm³/mol. The first-order chi connectivity index (χ1) is 31.3. The van der Waals surface area contributed by atoms with E-state index in [0.29, 0.717) is 22.6 Å². The van der Waals surface area contributed by atoms with E-state index in [4.69, 9.17) is 32.8 Å². The van der Waals surface area contributed by atoms with E-state index in [9.17, 15) is 29.1 Å². The van der Waals surface area contributed by atoms with Gasteiger partial charge in [-0.05, 0) is 87.4 Å². The van der Waals surface area contributed by atoms with Gasteiger partial charge in [0.05, 0.1) is 49.6 Å². The van der Waals surface area contributed by atoms with Gasteiger partial charge >= 0.3 is 29.8 Å². The Kier molecular flexibility index (Phi) is 17.5. The number of rotatable bonds is 23. The van der Waals surface area contributed by atoms with Crippen LogP contribution in [0.2, 0.25) is 0 Å². The molecule has 0 aromatic heterocycles. The fraction of sp³-hybridized carbons (Fsp3) is 0.375. The molecule has 1 aliphatic carbocycles. The number of hydrogen-bond acceptors (Lipinski definition) is 16. The number of hydrogen-bond donors (Lipinski definition) is 1. The quantitative estimate of drug-likeness (QED) is 0.0360. The minimum absolute atomic E-state index is 0.0889. The van der Waals surface area contributed by atoms with Crippen molar-refractivity contribution in [3.05, 3.63) is 83.7 Å². The number of nitrogens with zero attached hydrogens (tertiary/aromatic N) is 4. The lowest BCUT2D eigenvalue weighted by atomic mass is 9.93. The van der Waals surface area contributed by atoms with Gasteiger partial charge < -0.3 is 52.6 Å². The molecule has 0 saturated heterocycles. The number of benzene rings is 4. The Balaban J connectivity index is 1.60. The average Bonchev–Trinajstić information content (AvgIpc) is 3.26. The smallest absolute Gasteiger partial charge is 0.325 e. The number of carboxylic acids is 1. The normalized spacial score (nSPS) is 11.2. The highest BCUT2D eigenvalue weighted by Gasteiger charge is 2.25. The van der Waals surface area contributed by atoms with Crippen molar-refractivity contribution in [3.8, 4) is 33.9 Å². The number of carbonyl (C=O) groups excluding carboxylic acids is 4. The van der Waals surface area contributed by atoms with Crippen molar-refractivity contribution in [1.82, 2.24) is 0 Å². The molecule has 1 aliphatic heterocycles. The van der Waals surface area contributed by atoms with E-state index in [1.54, 1.807) is 52.9 Å². The van der Waals surface area contributed by atoms with Crippen LogP contribution in [0, 0.1) is 0 Å². The molecule has 1 heterocycles. The summed E-state index contributed by atoms with van der Waals surface area (Å²) in [6.07, 6.45) is -0.331. The number of ether oxygens (including phenoxy) is 6. The number of aliphatic carboxylic acids is 1. The first-order valence-electron chi connectivity index (χ1n) is 21.3. The summed E-state index contributed by atoms with van der Waals surface area (Å²) in [5, 5.41) is 11.1. The third-order valence-electron chi connectivity index (χ3n) is 9.87. The van der Waals surface area contributed by atoms with Crippen molar-refractivity contribution in [2.24, 2.45) is 4.99 Å². The summed E-state index contributed by atoms with van der Waals surface area (Å²) < 4.78 is 40.2. The molecular weight excluding hydrogens is 841 g/mol. The molecule has 17 nitrogen and oxygen atoms in total. The number of esters is 4. The largest absolute Gasteiger partial charge is 0.488 e. The second kappa shape index (κ2) is 23.4. The van der Waals surface area contributed by atoms with E-state index >= 15 is 0 Å². The third-order valence-corrected chi connectivity index (χ3v) is 9.87. The highest BCUT2D eigenvalue weighted by molar-refractivity contribution is 6.03. The summed E-state index contributed by atoms with van der Waals surface area (Å²) in [5.41, 5.74) is 4.96. The van der Waals surface area contributed by atoms with Crippen molar-refractivity contribution in [2.45, 2.75) is 34.1 Å². The van der Waals surface area contributed by atoms with Crippen molar-refractivity contribution < 1.29 is 61.9 Å². The van der Waals surface area contributed by atoms with Crippen molar-refractivity contribution >= 4 is 57.9 Å². The van der Waals surface area contributed by atoms with Gasteiger partial charge in [0.2, 0.25) is 0 Å². The van der Waals surface area contributed by atoms with Crippen LogP contribution in [0.5, 0.6) is 11.5 Å². The van der Waals surface area contributed by atoms with Gasteiger partial charge in [0.15, 0.2) is 0 Å². The molecule has 65 heavy (non-hydrogen) atoms. The minimum Gasteiger partial charge on any atom is -0.488 e. The Hall–Kier alpha value is -7.30. The number of anilines is 3. The van der Waals surface area contributed by atoms with Crippen LogP contribution < -0.4 is 29.5 Å². The van der Waals surface area contributed by atoms with Crippen LogP contribution in [0.15, 0.2) is 82.2 Å². The van der Waals surface area contributed by atoms with Gasteiger partial charge in [0.25, 0.3) is 0 Å². The Morgan fingerprint density at radius 2 is 1.20 bits per heavy atom. The van der Waals surface area contributed by atoms with Gasteiger partial charge in [0.1, 0.15) is 62.2 Å². The molecule has 0 radical (unpaired) electrons. The summed E-state index contributed by atoms with van der Waals surface area (Å²) in [7, 11) is 5.59. The zero-order chi connectivity index (χ0) is 47.0. The van der Waals surface area contributed by atoms with Crippen LogP contribution in [-0.4, -0.2) is 122 Å². The molecule has 0 fully saturated rings. The summed E-state index contributed by atoms with van der Waals surface area (Å²) >= 11 is 0. The van der Waals surface area contributed by atoms with Crippen molar-refractivity contribution in [1.29, 1.82) is 0 Å². The predicted octanol–water partition coefficient (Wildman–Crippen LogP) is 5.75. The molecule has 17 heteroatoms. The van der Waals surface area contributed by atoms with Crippen molar-refractivity contribution in [3.63, 3.8) is 0 Å². The van der Waals surface area contributed by atoms with Crippen LogP contribution in [0.1, 0.15) is 33.3 Å². The maximum absolute atomic E-state index is 13.0. The molecule has 0 spiro atoms. The van der Waals surface area contributed by atoms with E-state index in [-0.39, 0.29) is 89.4 Å². The molecule has 346 valence electrons. The fourth-order valence-electron chi connectivity index (χ4n) is 7.06. The van der Waals surface area contributed by atoms with Crippen LogP contribution in [0.4, 0.5) is 17.1 Å². The Morgan fingerprint density at radius 3 is 1.74 bits per heavy atom. The molecule has 0 amide bonds. The Bertz CT molecular complexity index is 2480. The van der Waals surface area contributed by atoms with Gasteiger partial charge in [-0.25, -0.2) is 0 Å². The zero-order valence-electron chi connectivity index (χ0n) is 37.8. The minimum atomic E-state index is -1.08. The lowest BCUT2D eigenvalue weighted by Crippen LogP contribution is -2.36. The fourth-order valence-corrected chi connectivity index (χ4v) is 7.06. The van der Waals surface area contributed by atoms with Crippen LogP contribution in [0.3, 0.4) is 0 Å². The number of carboxylic acid groups (broad SMARTS) is 1. The van der Waals surface area contributed by atoms with Gasteiger partial charge in [-0.2, -0.15) is 0 Å². The maximum atomic E-state index is 13.0. The molecular formula is C48H56N4O13. The van der Waals surface area contributed by atoms with Gasteiger partial charge in [-0.1, -0.05) is 12.1 Å². The third kappa shape index (κ3) is 13.1. The van der Waals surface area contributed by atoms with E-state index in [0.717, 1.165) is 33.1 Å². The van der Waals surface area contributed by atoms with Gasteiger partial charge in [-0.3, -0.25) is 29.0 Å². The lowest BCUT2D eigenvalue weighted by Gasteiger charge is -2.27. The van der Waals surface area contributed by atoms with Gasteiger partial charge in [-0.15, -0.1) is 0 Å². The van der Waals surface area contributed by atoms with E-state index in [1.807, 2.05) is 67.5 Å². The topological polar surface area (TPSA) is 196 Å². The molecule has 1 N–H and O–H groups in total. The molecule has 0 saturated carbocycles. The van der Waals surface area contributed by atoms with Crippen molar-refractivity contribution in [2.75, 3.05) is 102 Å². The highest BCUT2D eigenvalue weighted by atomic mass is 16.6. The molecule has 0 unspecified atom stereocenters. The molecule has 5 rings (SSSR count). The van der Waals surface area contributed by atoms with E-state index in [1.165, 1.54) is 15.9 Å². The van der Waals surface area contributed by atoms with Crippen LogP contribution >= 0.6 is 0 Å². The average molecular weight is 897 g/mol. The van der Waals surface area contributed by atoms with E-state index in [2.05, 4.69) is 4.99 Å². The highest BCUT2D eigenvalue weighted by Crippen LogP contribution is 2.43. The Labute approximate surface area is 377 Å². The molecule has 3 aromatic carbocycles. The monoisotopic (exact) mass is 896 g/mol. The summed E-state index contributed by atoms with van der Waals surface area (Å²) in [6.45, 7) is 5.66.